The number of H-pyrrole nitrogens is 1. The number of benzene rings is 1. The number of aromatic amines is 1. The Morgan fingerprint density at radius 3 is 2.63 bits per heavy atom. The first-order valence-corrected chi connectivity index (χ1v) is 6.05. The maximum atomic E-state index is 11.9. The van der Waals surface area contributed by atoms with Crippen molar-refractivity contribution in [1.29, 1.82) is 0 Å². The summed E-state index contributed by atoms with van der Waals surface area (Å²) in [6.07, 6.45) is 0. The third-order valence-electron chi connectivity index (χ3n) is 2.41. The normalized spacial score (nSPS) is 10.3. The van der Waals surface area contributed by atoms with Crippen molar-refractivity contribution in [1.82, 2.24) is 10.2 Å². The molecule has 0 aliphatic heterocycles. The molecule has 0 unspecified atom stereocenters. The molecule has 0 spiro atoms. The molecule has 1 aromatic carbocycles. The van der Waals surface area contributed by atoms with Gasteiger partial charge in [0.15, 0.2) is 0 Å². The van der Waals surface area contributed by atoms with Gasteiger partial charge in [-0.15, -0.1) is 0 Å². The number of carbonyl (C=O) groups excluding carboxylic acids is 1. The Labute approximate surface area is 118 Å². The fraction of sp³-hybridized carbons (Fsp3) is 0.0833. The van der Waals surface area contributed by atoms with E-state index in [1.54, 1.807) is 12.1 Å². The summed E-state index contributed by atoms with van der Waals surface area (Å²) in [7, 11) is 0. The van der Waals surface area contributed by atoms with E-state index < -0.39 is 5.91 Å². The summed E-state index contributed by atoms with van der Waals surface area (Å²) in [4.78, 5) is 22.7. The van der Waals surface area contributed by atoms with Gasteiger partial charge in [-0.3, -0.25) is 9.59 Å². The summed E-state index contributed by atoms with van der Waals surface area (Å²) in [5.41, 5.74) is 0.891. The zero-order chi connectivity index (χ0) is 14.0. The monoisotopic (exact) mass is 297 g/mol. The second-order valence-corrected chi connectivity index (χ2v) is 4.66. The molecule has 0 aliphatic carbocycles. The molecule has 0 saturated carbocycles. The summed E-state index contributed by atoms with van der Waals surface area (Å²) in [5.74, 6) is -0.488. The molecule has 0 fully saturated rings. The molecule has 2 N–H and O–H groups in total. The van der Waals surface area contributed by atoms with Crippen LogP contribution in [0.3, 0.4) is 0 Å². The Balaban J connectivity index is 2.26. The first-order chi connectivity index (χ1) is 8.97. The third-order valence-corrected chi connectivity index (χ3v) is 3.13. The molecule has 5 nitrogen and oxygen atoms in total. The highest BCUT2D eigenvalue weighted by atomic mass is 35.5. The molecule has 0 bridgehead atoms. The number of hydrogen-bond acceptors (Lipinski definition) is 3. The summed E-state index contributed by atoms with van der Waals surface area (Å²) in [5, 5.41) is 9.24. The standard InChI is InChI=1S/C12H9Cl2N3O2/c1-6-4-8(14)10(5-7(6)13)15-12(19)9-2-3-11(18)17-16-9/h2-5H,1H3,(H,15,19)(H,17,18). The van der Waals surface area contributed by atoms with Crippen LogP contribution in [0.2, 0.25) is 10.0 Å². The van der Waals surface area contributed by atoms with E-state index >= 15 is 0 Å². The molecule has 19 heavy (non-hydrogen) atoms. The fourth-order valence-electron chi connectivity index (χ4n) is 1.40. The lowest BCUT2D eigenvalue weighted by atomic mass is 10.2. The first-order valence-electron chi connectivity index (χ1n) is 5.30. The van der Waals surface area contributed by atoms with Gasteiger partial charge in [0.2, 0.25) is 0 Å². The van der Waals surface area contributed by atoms with E-state index in [0.717, 1.165) is 5.56 Å². The average molecular weight is 298 g/mol. The predicted molar refractivity (Wildman–Crippen MR) is 74.0 cm³/mol. The van der Waals surface area contributed by atoms with Gasteiger partial charge in [-0.25, -0.2) is 5.10 Å². The quantitative estimate of drug-likeness (QED) is 0.895. The number of aryl methyl sites for hydroxylation is 1. The number of halogens is 2. The number of aromatic nitrogens is 2. The molecule has 1 aromatic heterocycles. The van der Waals surface area contributed by atoms with Gasteiger partial charge in [0.25, 0.3) is 11.5 Å². The predicted octanol–water partition coefficient (Wildman–Crippen LogP) is 2.64. The van der Waals surface area contributed by atoms with Gasteiger partial charge in [-0.05, 0) is 30.7 Å². The molecule has 0 atom stereocenters. The van der Waals surface area contributed by atoms with Crippen LogP contribution in [-0.4, -0.2) is 16.1 Å². The molecule has 98 valence electrons. The summed E-state index contributed by atoms with van der Waals surface area (Å²) in [6.45, 7) is 1.81. The molecule has 0 radical (unpaired) electrons. The Hall–Kier alpha value is -1.85. The van der Waals surface area contributed by atoms with Crippen molar-refractivity contribution in [3.63, 3.8) is 0 Å². The molecular formula is C12H9Cl2N3O2. The third kappa shape index (κ3) is 3.13. The second-order valence-electron chi connectivity index (χ2n) is 3.84. The van der Waals surface area contributed by atoms with Gasteiger partial charge in [-0.2, -0.15) is 5.10 Å². The maximum Gasteiger partial charge on any atom is 0.276 e. The molecule has 7 heteroatoms. The SMILES string of the molecule is Cc1cc(Cl)c(NC(=O)c2ccc(=O)[nH]n2)cc1Cl. The van der Waals surface area contributed by atoms with Crippen LogP contribution in [0.1, 0.15) is 16.1 Å². The zero-order valence-electron chi connectivity index (χ0n) is 9.83. The highest BCUT2D eigenvalue weighted by Crippen LogP contribution is 2.28. The summed E-state index contributed by atoms with van der Waals surface area (Å²) in [6, 6.07) is 5.74. The van der Waals surface area contributed by atoms with Gasteiger partial charge < -0.3 is 5.32 Å². The van der Waals surface area contributed by atoms with Crippen LogP contribution in [0.5, 0.6) is 0 Å². The largest absolute Gasteiger partial charge is 0.319 e. The molecule has 1 heterocycles. The van der Waals surface area contributed by atoms with E-state index in [2.05, 4.69) is 15.5 Å². The van der Waals surface area contributed by atoms with E-state index in [1.165, 1.54) is 12.1 Å². The van der Waals surface area contributed by atoms with Crippen LogP contribution in [0, 0.1) is 6.92 Å². The highest BCUT2D eigenvalue weighted by Gasteiger charge is 2.11. The molecule has 0 aliphatic rings. The number of nitrogens with zero attached hydrogens (tertiary/aromatic N) is 1. The number of rotatable bonds is 2. The lowest BCUT2D eigenvalue weighted by molar-refractivity contribution is 0.102. The maximum absolute atomic E-state index is 11.9. The van der Waals surface area contributed by atoms with Crippen molar-refractivity contribution in [2.24, 2.45) is 0 Å². The molecule has 2 aromatic rings. The van der Waals surface area contributed by atoms with E-state index in [0.29, 0.717) is 15.7 Å². The van der Waals surface area contributed by atoms with Crippen molar-refractivity contribution in [3.8, 4) is 0 Å². The van der Waals surface area contributed by atoms with Crippen molar-refractivity contribution in [3.05, 3.63) is 55.9 Å². The van der Waals surface area contributed by atoms with Crippen molar-refractivity contribution >= 4 is 34.8 Å². The van der Waals surface area contributed by atoms with Crippen LogP contribution in [0.4, 0.5) is 5.69 Å². The van der Waals surface area contributed by atoms with Crippen LogP contribution < -0.4 is 10.9 Å². The number of amides is 1. The van der Waals surface area contributed by atoms with Crippen molar-refractivity contribution in [2.75, 3.05) is 5.32 Å². The lowest BCUT2D eigenvalue weighted by Crippen LogP contribution is -2.17. The summed E-state index contributed by atoms with van der Waals surface area (Å²) < 4.78 is 0. The molecule has 1 amide bonds. The zero-order valence-corrected chi connectivity index (χ0v) is 11.3. The van der Waals surface area contributed by atoms with Gasteiger partial charge in [0.1, 0.15) is 5.69 Å². The van der Waals surface area contributed by atoms with Gasteiger partial charge in [0.05, 0.1) is 10.7 Å². The number of carbonyl (C=O) groups is 1. The smallest absolute Gasteiger partial charge is 0.276 e. The topological polar surface area (TPSA) is 74.8 Å². The van der Waals surface area contributed by atoms with Crippen LogP contribution in [0.25, 0.3) is 0 Å². The van der Waals surface area contributed by atoms with Crippen LogP contribution in [-0.2, 0) is 0 Å². The van der Waals surface area contributed by atoms with Crippen molar-refractivity contribution in [2.45, 2.75) is 6.92 Å². The minimum absolute atomic E-state index is 0.0763. The van der Waals surface area contributed by atoms with Gasteiger partial charge in [-0.1, -0.05) is 23.2 Å². The number of hydrogen-bond donors (Lipinski definition) is 2. The Morgan fingerprint density at radius 2 is 2.00 bits per heavy atom. The van der Waals surface area contributed by atoms with Gasteiger partial charge >= 0.3 is 0 Å². The Morgan fingerprint density at radius 1 is 1.26 bits per heavy atom. The van der Waals surface area contributed by atoms with E-state index in [1.807, 2.05) is 6.92 Å². The number of anilines is 1. The second kappa shape index (κ2) is 5.42. The minimum atomic E-state index is -0.488. The Kier molecular flexibility index (Phi) is 3.87. The fourth-order valence-corrected chi connectivity index (χ4v) is 1.83. The number of nitrogens with one attached hydrogen (secondary N) is 2. The van der Waals surface area contributed by atoms with Crippen LogP contribution in [0.15, 0.2) is 29.1 Å². The average Bonchev–Trinajstić information content (AvgIpc) is 2.36. The van der Waals surface area contributed by atoms with Crippen molar-refractivity contribution < 1.29 is 4.79 Å². The minimum Gasteiger partial charge on any atom is -0.319 e. The molecule has 0 saturated heterocycles. The van der Waals surface area contributed by atoms with Gasteiger partial charge in [0, 0.05) is 11.1 Å². The Bertz CT molecular complexity index is 677. The first kappa shape index (κ1) is 13.6. The van der Waals surface area contributed by atoms with Crippen LogP contribution >= 0.6 is 23.2 Å². The highest BCUT2D eigenvalue weighted by molar-refractivity contribution is 6.36. The molecule has 2 rings (SSSR count). The lowest BCUT2D eigenvalue weighted by Gasteiger charge is -2.08. The van der Waals surface area contributed by atoms with E-state index in [9.17, 15) is 9.59 Å². The summed E-state index contributed by atoms with van der Waals surface area (Å²) >= 11 is 12.0. The molecular weight excluding hydrogens is 289 g/mol. The van der Waals surface area contributed by atoms with E-state index in [4.69, 9.17) is 23.2 Å². The van der Waals surface area contributed by atoms with E-state index in [-0.39, 0.29) is 11.3 Å².